The molecular weight excluding hydrogens is 342 g/mol. The third kappa shape index (κ3) is 5.43. The number of aromatic nitrogens is 2. The van der Waals surface area contributed by atoms with Crippen molar-refractivity contribution in [1.29, 1.82) is 5.53 Å². The van der Waals surface area contributed by atoms with Crippen molar-refractivity contribution >= 4 is 23.2 Å². The molecule has 0 amide bonds. The second kappa shape index (κ2) is 8.73. The largest absolute Gasteiger partial charge is 0.433 e. The molecule has 1 aromatic carbocycles. The molecule has 0 saturated heterocycles. The van der Waals surface area contributed by atoms with Crippen molar-refractivity contribution in [1.82, 2.24) is 9.97 Å². The zero-order valence-electron chi connectivity index (χ0n) is 12.2. The Hall–Kier alpha value is -2.81. The SMILES string of the molecule is N=N/C(=C\Nc1ccc(Cl)c(OC(F)F)c1)CNc1ncccn1. The van der Waals surface area contributed by atoms with Crippen molar-refractivity contribution < 1.29 is 13.5 Å². The van der Waals surface area contributed by atoms with E-state index in [-0.39, 0.29) is 17.3 Å². The summed E-state index contributed by atoms with van der Waals surface area (Å²) in [6.07, 6.45) is 4.60. The number of hydrogen-bond donors (Lipinski definition) is 3. The molecule has 1 heterocycles. The van der Waals surface area contributed by atoms with Gasteiger partial charge >= 0.3 is 6.61 Å². The second-order valence-corrected chi connectivity index (χ2v) is 4.75. The van der Waals surface area contributed by atoms with Gasteiger partial charge in [-0.05, 0) is 18.2 Å². The highest BCUT2D eigenvalue weighted by Crippen LogP contribution is 2.29. The van der Waals surface area contributed by atoms with Gasteiger partial charge in [0.1, 0.15) is 5.75 Å². The maximum atomic E-state index is 12.3. The molecule has 0 radical (unpaired) electrons. The lowest BCUT2D eigenvalue weighted by Crippen LogP contribution is -2.07. The van der Waals surface area contributed by atoms with Crippen LogP contribution in [0.5, 0.6) is 5.75 Å². The maximum Gasteiger partial charge on any atom is 0.387 e. The number of alkyl halides is 2. The number of rotatable bonds is 8. The Labute approximate surface area is 141 Å². The molecule has 2 rings (SSSR count). The molecule has 0 aliphatic rings. The van der Waals surface area contributed by atoms with Crippen LogP contribution >= 0.6 is 11.6 Å². The molecule has 0 bridgehead atoms. The Morgan fingerprint density at radius 2 is 2.12 bits per heavy atom. The van der Waals surface area contributed by atoms with Crippen molar-refractivity contribution in [2.24, 2.45) is 5.11 Å². The fraction of sp³-hybridized carbons (Fsp3) is 0.143. The summed E-state index contributed by atoms with van der Waals surface area (Å²) in [6.45, 7) is -2.77. The highest BCUT2D eigenvalue weighted by Gasteiger charge is 2.09. The standard InChI is InChI=1S/C14H13ClF2N6O/c15-11-3-2-9(6-12(11)24-13(16)17)21-7-10(23-18)8-22-14-19-4-1-5-20-14/h1-7,13,18,21H,8H2,(H,19,20,22)/b10-7-,23-18?. The summed E-state index contributed by atoms with van der Waals surface area (Å²) in [5.41, 5.74) is 7.94. The molecule has 0 aliphatic heterocycles. The number of benzene rings is 1. The molecule has 0 atom stereocenters. The van der Waals surface area contributed by atoms with E-state index in [2.05, 4.69) is 30.5 Å². The smallest absolute Gasteiger partial charge is 0.387 e. The number of anilines is 2. The number of halogens is 3. The molecular formula is C14H13ClF2N6O. The minimum atomic E-state index is -2.97. The van der Waals surface area contributed by atoms with E-state index in [9.17, 15) is 8.78 Å². The fourth-order valence-corrected chi connectivity index (χ4v) is 1.79. The second-order valence-electron chi connectivity index (χ2n) is 4.34. The topological polar surface area (TPSA) is 95.3 Å². The Balaban J connectivity index is 2.00. The normalized spacial score (nSPS) is 11.2. The van der Waals surface area contributed by atoms with E-state index in [1.54, 1.807) is 24.5 Å². The van der Waals surface area contributed by atoms with Crippen molar-refractivity contribution in [3.63, 3.8) is 0 Å². The zero-order valence-corrected chi connectivity index (χ0v) is 13.0. The number of ether oxygens (including phenoxy) is 1. The van der Waals surface area contributed by atoms with Gasteiger partial charge in [0.05, 0.1) is 17.3 Å². The Kier molecular flexibility index (Phi) is 6.38. The number of hydrogen-bond acceptors (Lipinski definition) is 7. The average molecular weight is 355 g/mol. The summed E-state index contributed by atoms with van der Waals surface area (Å²) >= 11 is 5.77. The number of nitrogens with zero attached hydrogens (tertiary/aromatic N) is 3. The molecule has 0 saturated carbocycles. The van der Waals surface area contributed by atoms with Gasteiger partial charge in [-0.2, -0.15) is 13.9 Å². The molecule has 126 valence electrons. The van der Waals surface area contributed by atoms with E-state index in [1.807, 2.05) is 0 Å². The van der Waals surface area contributed by atoms with Crippen LogP contribution in [0, 0.1) is 5.53 Å². The van der Waals surface area contributed by atoms with E-state index in [0.29, 0.717) is 17.3 Å². The molecule has 0 unspecified atom stereocenters. The monoisotopic (exact) mass is 354 g/mol. The predicted molar refractivity (Wildman–Crippen MR) is 85.5 cm³/mol. The van der Waals surface area contributed by atoms with Crippen molar-refractivity contribution in [2.45, 2.75) is 6.61 Å². The average Bonchev–Trinajstić information content (AvgIpc) is 2.58. The van der Waals surface area contributed by atoms with Gasteiger partial charge in [-0.25, -0.2) is 15.5 Å². The quantitative estimate of drug-likeness (QED) is 0.619. The highest BCUT2D eigenvalue weighted by molar-refractivity contribution is 6.32. The van der Waals surface area contributed by atoms with Gasteiger partial charge in [-0.3, -0.25) is 0 Å². The Bertz CT molecular complexity index is 714. The van der Waals surface area contributed by atoms with E-state index in [1.165, 1.54) is 18.3 Å². The number of nitrogens with one attached hydrogen (secondary N) is 3. The molecule has 1 aromatic heterocycles. The van der Waals surface area contributed by atoms with Crippen LogP contribution in [0.15, 0.2) is 53.7 Å². The lowest BCUT2D eigenvalue weighted by Gasteiger charge is -2.09. The van der Waals surface area contributed by atoms with Crippen LogP contribution < -0.4 is 15.4 Å². The minimum Gasteiger partial charge on any atom is -0.433 e. The van der Waals surface area contributed by atoms with Crippen LogP contribution in [-0.2, 0) is 0 Å². The molecule has 3 N–H and O–H groups in total. The summed E-state index contributed by atoms with van der Waals surface area (Å²) in [7, 11) is 0. The Morgan fingerprint density at radius 1 is 1.38 bits per heavy atom. The predicted octanol–water partition coefficient (Wildman–Crippen LogP) is 4.13. The molecule has 10 heteroatoms. The summed E-state index contributed by atoms with van der Waals surface area (Å²) in [4.78, 5) is 7.95. The maximum absolute atomic E-state index is 12.3. The van der Waals surface area contributed by atoms with E-state index in [4.69, 9.17) is 17.1 Å². The molecule has 0 aliphatic carbocycles. The van der Waals surface area contributed by atoms with Gasteiger partial charge in [0, 0.05) is 30.3 Å². The van der Waals surface area contributed by atoms with Crippen LogP contribution in [-0.4, -0.2) is 23.1 Å². The summed E-state index contributed by atoms with van der Waals surface area (Å²) in [5, 5.41) is 9.15. The van der Waals surface area contributed by atoms with E-state index in [0.717, 1.165) is 0 Å². The molecule has 0 fully saturated rings. The highest BCUT2D eigenvalue weighted by atomic mass is 35.5. The first-order chi connectivity index (χ1) is 11.6. The van der Waals surface area contributed by atoms with Gasteiger partial charge in [0.25, 0.3) is 0 Å². The van der Waals surface area contributed by atoms with Gasteiger partial charge in [-0.1, -0.05) is 11.6 Å². The van der Waals surface area contributed by atoms with Gasteiger partial charge in [0.15, 0.2) is 0 Å². The van der Waals surface area contributed by atoms with E-state index >= 15 is 0 Å². The van der Waals surface area contributed by atoms with Crippen LogP contribution in [0.4, 0.5) is 20.4 Å². The van der Waals surface area contributed by atoms with Crippen molar-refractivity contribution in [2.75, 3.05) is 17.2 Å². The van der Waals surface area contributed by atoms with Crippen LogP contribution in [0.1, 0.15) is 0 Å². The first kappa shape index (κ1) is 17.5. The molecule has 0 spiro atoms. The third-order valence-electron chi connectivity index (χ3n) is 2.69. The van der Waals surface area contributed by atoms with Crippen molar-refractivity contribution in [3.8, 4) is 5.75 Å². The first-order valence-corrected chi connectivity index (χ1v) is 7.04. The first-order valence-electron chi connectivity index (χ1n) is 6.67. The van der Waals surface area contributed by atoms with Crippen LogP contribution in [0.3, 0.4) is 0 Å². The molecule has 2 aromatic rings. The van der Waals surface area contributed by atoms with Crippen LogP contribution in [0.25, 0.3) is 0 Å². The third-order valence-corrected chi connectivity index (χ3v) is 3.00. The zero-order chi connectivity index (χ0) is 17.4. The molecule has 24 heavy (non-hydrogen) atoms. The van der Waals surface area contributed by atoms with Gasteiger partial charge in [0.2, 0.25) is 5.95 Å². The van der Waals surface area contributed by atoms with Gasteiger partial charge < -0.3 is 15.4 Å². The lowest BCUT2D eigenvalue weighted by molar-refractivity contribution is -0.0497. The van der Waals surface area contributed by atoms with Gasteiger partial charge in [-0.15, -0.1) is 0 Å². The molecule has 7 nitrogen and oxygen atoms in total. The van der Waals surface area contributed by atoms with Crippen LogP contribution in [0.2, 0.25) is 5.02 Å². The van der Waals surface area contributed by atoms with Crippen molar-refractivity contribution in [3.05, 3.63) is 53.6 Å². The Morgan fingerprint density at radius 3 is 2.79 bits per heavy atom. The summed E-state index contributed by atoms with van der Waals surface area (Å²) in [6, 6.07) is 5.99. The summed E-state index contributed by atoms with van der Waals surface area (Å²) in [5.74, 6) is 0.247. The lowest BCUT2D eigenvalue weighted by atomic mass is 10.3. The fourth-order valence-electron chi connectivity index (χ4n) is 1.63. The minimum absolute atomic E-state index is 0.0677. The van der Waals surface area contributed by atoms with E-state index < -0.39 is 6.61 Å². The summed E-state index contributed by atoms with van der Waals surface area (Å²) < 4.78 is 28.9.